The second-order valence-electron chi connectivity index (χ2n) is 8.82. The fraction of sp³-hybridized carbons (Fsp3) is 0.727. The number of esters is 1. The minimum Gasteiger partial charge on any atom is -0.445 e. The van der Waals surface area contributed by atoms with E-state index in [1.807, 2.05) is 0 Å². The first-order valence-corrected chi connectivity index (χ1v) is 9.80. The van der Waals surface area contributed by atoms with Gasteiger partial charge in [0.1, 0.15) is 5.78 Å². The Balaban J connectivity index is 1.66. The molecule has 5 atom stereocenters. The van der Waals surface area contributed by atoms with E-state index in [9.17, 15) is 9.59 Å². The van der Waals surface area contributed by atoms with Crippen LogP contribution in [-0.4, -0.2) is 17.4 Å². The van der Waals surface area contributed by atoms with Gasteiger partial charge in [-0.05, 0) is 62.7 Å². The van der Waals surface area contributed by atoms with Gasteiger partial charge in [0.05, 0.1) is 0 Å². The lowest BCUT2D eigenvalue weighted by Gasteiger charge is -2.53. The molecule has 0 spiro atoms. The fourth-order valence-corrected chi connectivity index (χ4v) is 6.73. The minimum atomic E-state index is -0.730. The summed E-state index contributed by atoms with van der Waals surface area (Å²) >= 11 is 0. The van der Waals surface area contributed by atoms with Gasteiger partial charge < -0.3 is 4.74 Å². The van der Waals surface area contributed by atoms with Gasteiger partial charge in [-0.15, -0.1) is 6.42 Å². The van der Waals surface area contributed by atoms with Crippen molar-refractivity contribution in [1.82, 2.24) is 0 Å². The van der Waals surface area contributed by atoms with Crippen molar-refractivity contribution in [1.29, 1.82) is 0 Å². The molecule has 2 saturated carbocycles. The molecular weight excluding hydrogens is 312 g/mol. The van der Waals surface area contributed by atoms with Gasteiger partial charge in [-0.3, -0.25) is 9.59 Å². The molecule has 0 aromatic heterocycles. The summed E-state index contributed by atoms with van der Waals surface area (Å²) in [6.45, 7) is 3.73. The van der Waals surface area contributed by atoms with Gasteiger partial charge >= 0.3 is 5.97 Å². The largest absolute Gasteiger partial charge is 0.445 e. The molecule has 0 radical (unpaired) electrons. The summed E-state index contributed by atoms with van der Waals surface area (Å²) < 4.78 is 5.79. The highest BCUT2D eigenvalue weighted by molar-refractivity contribution is 5.82. The van der Waals surface area contributed by atoms with E-state index in [1.165, 1.54) is 12.5 Å². The number of hydrogen-bond acceptors (Lipinski definition) is 3. The van der Waals surface area contributed by atoms with Crippen molar-refractivity contribution in [2.24, 2.45) is 23.2 Å². The number of rotatable bonds is 1. The minimum absolute atomic E-state index is 0.114. The molecule has 4 aliphatic rings. The number of carbonyl (C=O) groups is 2. The first kappa shape index (κ1) is 16.9. The number of hydrogen-bond donors (Lipinski definition) is 0. The highest BCUT2D eigenvalue weighted by Crippen LogP contribution is 2.65. The number of allylic oxidation sites excluding steroid dienone is 2. The molecule has 0 amide bonds. The van der Waals surface area contributed by atoms with Crippen LogP contribution in [0, 0.1) is 35.5 Å². The van der Waals surface area contributed by atoms with Crippen molar-refractivity contribution < 1.29 is 14.3 Å². The number of carbonyl (C=O) groups excluding carboxylic acids is 2. The lowest BCUT2D eigenvalue weighted by Crippen LogP contribution is -2.52. The van der Waals surface area contributed by atoms with Crippen LogP contribution in [0.4, 0.5) is 0 Å². The third-order valence-corrected chi connectivity index (χ3v) is 7.87. The van der Waals surface area contributed by atoms with Crippen molar-refractivity contribution >= 4 is 11.8 Å². The summed E-state index contributed by atoms with van der Waals surface area (Å²) in [7, 11) is 0. The quantitative estimate of drug-likeness (QED) is 0.408. The highest BCUT2D eigenvalue weighted by Gasteiger charge is 2.63. The number of ether oxygens (including phenoxy) is 1. The van der Waals surface area contributed by atoms with Gasteiger partial charge in [0.15, 0.2) is 5.60 Å². The second-order valence-corrected chi connectivity index (χ2v) is 8.82. The van der Waals surface area contributed by atoms with E-state index in [-0.39, 0.29) is 11.4 Å². The number of Topliss-reactive ketones (excluding diaryl/α,β-unsaturated/α-hetero) is 1. The van der Waals surface area contributed by atoms with Gasteiger partial charge in [-0.25, -0.2) is 0 Å². The average Bonchev–Trinajstić information content (AvgIpc) is 2.87. The summed E-state index contributed by atoms with van der Waals surface area (Å²) in [5.41, 5.74) is 2.20. The van der Waals surface area contributed by atoms with Crippen molar-refractivity contribution in [2.75, 3.05) is 0 Å². The Morgan fingerprint density at radius 3 is 2.72 bits per heavy atom. The topological polar surface area (TPSA) is 43.4 Å². The zero-order valence-electron chi connectivity index (χ0n) is 15.4. The second kappa shape index (κ2) is 5.73. The Bertz CT molecular complexity index is 697. The van der Waals surface area contributed by atoms with Crippen molar-refractivity contribution in [3.8, 4) is 12.3 Å². The SMILES string of the molecule is C#C[C@]1(OC(C)=O)CCC2C3CCC4=C(CCC(=O)C4)C3CC[C@@]21C. The predicted molar refractivity (Wildman–Crippen MR) is 95.5 cm³/mol. The summed E-state index contributed by atoms with van der Waals surface area (Å²) in [6.07, 6.45) is 14.5. The van der Waals surface area contributed by atoms with Crippen LogP contribution in [0.2, 0.25) is 0 Å². The molecule has 0 heterocycles. The Morgan fingerprint density at radius 1 is 1.20 bits per heavy atom. The Labute approximate surface area is 150 Å². The maximum absolute atomic E-state index is 11.8. The molecule has 4 aliphatic carbocycles. The fourth-order valence-electron chi connectivity index (χ4n) is 6.73. The van der Waals surface area contributed by atoms with Crippen LogP contribution in [0.1, 0.15) is 71.6 Å². The van der Waals surface area contributed by atoms with Gasteiger partial charge in [-0.1, -0.05) is 24.0 Å². The molecule has 4 rings (SSSR count). The highest BCUT2D eigenvalue weighted by atomic mass is 16.6. The summed E-state index contributed by atoms with van der Waals surface area (Å²) in [6, 6.07) is 0. The summed E-state index contributed by atoms with van der Waals surface area (Å²) in [5.74, 6) is 4.84. The van der Waals surface area contributed by atoms with Gasteiger partial charge in [0.2, 0.25) is 0 Å². The van der Waals surface area contributed by atoms with E-state index in [4.69, 9.17) is 11.2 Å². The molecule has 2 fully saturated rings. The molecule has 0 bridgehead atoms. The molecule has 3 unspecified atom stereocenters. The van der Waals surface area contributed by atoms with Gasteiger partial charge in [-0.2, -0.15) is 0 Å². The van der Waals surface area contributed by atoms with Crippen LogP contribution < -0.4 is 0 Å². The van der Waals surface area contributed by atoms with E-state index >= 15 is 0 Å². The monoisotopic (exact) mass is 340 g/mol. The van der Waals surface area contributed by atoms with Crippen LogP contribution in [0.25, 0.3) is 0 Å². The van der Waals surface area contributed by atoms with Crippen molar-refractivity contribution in [3.05, 3.63) is 11.1 Å². The van der Waals surface area contributed by atoms with Gasteiger partial charge in [0, 0.05) is 25.2 Å². The zero-order valence-corrected chi connectivity index (χ0v) is 15.4. The molecule has 25 heavy (non-hydrogen) atoms. The van der Waals surface area contributed by atoms with E-state index in [2.05, 4.69) is 12.8 Å². The van der Waals surface area contributed by atoms with Crippen molar-refractivity contribution in [3.63, 3.8) is 0 Å². The standard InChI is InChI=1S/C22H28O3/c1-4-22(25-14(2)23)12-10-20-19-7-5-15-13-16(24)6-8-17(15)18(19)9-11-21(20,22)3/h1,18-20H,5-13H2,2-3H3/t18?,19?,20?,21-,22-/m0/s1. The maximum Gasteiger partial charge on any atom is 0.304 e. The molecule has 3 heteroatoms. The van der Waals surface area contributed by atoms with Crippen LogP contribution in [0.3, 0.4) is 0 Å². The smallest absolute Gasteiger partial charge is 0.304 e. The van der Waals surface area contributed by atoms with Crippen LogP contribution in [0.5, 0.6) is 0 Å². The third-order valence-electron chi connectivity index (χ3n) is 7.87. The molecule has 0 aliphatic heterocycles. The molecule has 3 nitrogen and oxygen atoms in total. The first-order chi connectivity index (χ1) is 11.9. The molecule has 0 saturated heterocycles. The Kier molecular flexibility index (Phi) is 3.87. The summed E-state index contributed by atoms with van der Waals surface area (Å²) in [5, 5.41) is 0. The zero-order chi connectivity index (χ0) is 17.8. The molecule has 0 aromatic rings. The molecule has 0 aromatic carbocycles. The number of ketones is 1. The molecule has 134 valence electrons. The van der Waals surface area contributed by atoms with E-state index in [0.717, 1.165) is 51.4 Å². The lowest BCUT2D eigenvalue weighted by atomic mass is 9.52. The normalized spacial score (nSPS) is 42.9. The molecule has 0 N–H and O–H groups in total. The maximum atomic E-state index is 11.8. The Morgan fingerprint density at radius 2 is 2.00 bits per heavy atom. The average molecular weight is 340 g/mol. The Hall–Kier alpha value is -1.56. The number of terminal acetylenes is 1. The summed E-state index contributed by atoms with van der Waals surface area (Å²) in [4.78, 5) is 23.6. The van der Waals surface area contributed by atoms with E-state index in [0.29, 0.717) is 30.0 Å². The first-order valence-electron chi connectivity index (χ1n) is 9.80. The van der Waals surface area contributed by atoms with Crippen molar-refractivity contribution in [2.45, 2.75) is 77.2 Å². The van der Waals surface area contributed by atoms with Crippen LogP contribution >= 0.6 is 0 Å². The van der Waals surface area contributed by atoms with E-state index < -0.39 is 5.60 Å². The van der Waals surface area contributed by atoms with Crippen LogP contribution in [0.15, 0.2) is 11.1 Å². The lowest BCUT2D eigenvalue weighted by molar-refractivity contribution is -0.166. The van der Waals surface area contributed by atoms with Gasteiger partial charge in [0.25, 0.3) is 0 Å². The van der Waals surface area contributed by atoms with Crippen LogP contribution in [-0.2, 0) is 14.3 Å². The predicted octanol–water partition coefficient (Wildman–Crippen LogP) is 4.21. The number of fused-ring (bicyclic) bond motifs is 4. The molecular formula is C22H28O3. The third kappa shape index (κ3) is 2.33. The van der Waals surface area contributed by atoms with E-state index in [1.54, 1.807) is 5.57 Å².